The molecule has 0 spiro atoms. The van der Waals surface area contributed by atoms with Crippen LogP contribution in [0.2, 0.25) is 0 Å². The maximum Gasteiger partial charge on any atom is 0.313 e. The first-order valence-electron chi connectivity index (χ1n) is 14.4. The topological polar surface area (TPSA) is 63.1 Å². The molecule has 0 aliphatic rings. The van der Waals surface area contributed by atoms with E-state index in [1.165, 1.54) is 41.7 Å². The number of aliphatic hydroxyl groups is 1. The number of carbonyl (C=O) groups excluding carboxylic acids is 1. The van der Waals surface area contributed by atoms with E-state index in [0.29, 0.717) is 4.88 Å². The van der Waals surface area contributed by atoms with Crippen molar-refractivity contribution in [1.29, 1.82) is 0 Å². The predicted molar refractivity (Wildman–Crippen MR) is 172 cm³/mol. The van der Waals surface area contributed by atoms with E-state index in [4.69, 9.17) is 0 Å². The number of fused-ring (bicyclic) bond motifs is 3. The van der Waals surface area contributed by atoms with Crippen LogP contribution in [0.1, 0.15) is 53.4 Å². The average Bonchev–Trinajstić information content (AvgIpc) is 3.40. The van der Waals surface area contributed by atoms with Crippen LogP contribution in [0.3, 0.4) is 0 Å². The summed E-state index contributed by atoms with van der Waals surface area (Å²) < 4.78 is 71.1. The van der Waals surface area contributed by atoms with Crippen LogP contribution in [0.4, 0.5) is 19.4 Å². The molecule has 12 heteroatoms. The standard InChI is InChI=1S/C20H10F5N2S2.C13H24O2.Ir/c21-29(22,23,24,25)20-14-7-3-1-5-12(14)9-15-18(26-11-27-19(15)20)17-10-13-6-2-4-8-16(13)28-17;1-5-10(6-2)12(14)9-13(15)11(7-3)8-4;/h1-9,11H;9-11,14H,5-8H2,1-4H3;/q-1;;/b;12-9-;. The molecule has 0 aliphatic heterocycles. The normalized spacial score (nSPS) is 13.8. The summed E-state index contributed by atoms with van der Waals surface area (Å²) in [5.74, 6) is 0.547. The van der Waals surface area contributed by atoms with Crippen molar-refractivity contribution in [2.24, 2.45) is 11.8 Å². The second-order valence-electron chi connectivity index (χ2n) is 10.6. The summed E-state index contributed by atoms with van der Waals surface area (Å²) in [6.07, 6.45) is 5.79. The summed E-state index contributed by atoms with van der Waals surface area (Å²) in [5, 5.41) is 9.91. The minimum atomic E-state index is -10.0. The monoisotopic (exact) mass is 842 g/mol. The Labute approximate surface area is 276 Å². The van der Waals surface area contributed by atoms with E-state index in [2.05, 4.69) is 16.0 Å². The van der Waals surface area contributed by atoms with Crippen LogP contribution in [-0.4, -0.2) is 20.9 Å². The Bertz CT molecular complexity index is 1820. The van der Waals surface area contributed by atoms with Crippen LogP contribution in [0, 0.1) is 17.9 Å². The van der Waals surface area contributed by atoms with Crippen molar-refractivity contribution in [2.45, 2.75) is 58.3 Å². The van der Waals surface area contributed by atoms with Gasteiger partial charge in [-0.25, -0.2) is 16.3 Å². The van der Waals surface area contributed by atoms with Gasteiger partial charge in [-0.3, -0.25) is 9.78 Å². The molecule has 0 saturated heterocycles. The van der Waals surface area contributed by atoms with Crippen molar-refractivity contribution in [1.82, 2.24) is 9.97 Å². The third-order valence-electron chi connectivity index (χ3n) is 7.63. The van der Waals surface area contributed by atoms with E-state index >= 15 is 0 Å². The van der Waals surface area contributed by atoms with Crippen molar-refractivity contribution >= 4 is 59.1 Å². The van der Waals surface area contributed by atoms with Gasteiger partial charge >= 0.3 is 10.2 Å². The molecular formula is C33H34F5IrN2O2S2-. The fourth-order valence-electron chi connectivity index (χ4n) is 5.20. The maximum absolute atomic E-state index is 14.0. The van der Waals surface area contributed by atoms with Gasteiger partial charge in [-0.05, 0) is 46.0 Å². The fraction of sp³-hybridized carbons (Fsp3) is 0.303. The largest absolute Gasteiger partial charge is 0.512 e. The van der Waals surface area contributed by atoms with E-state index in [1.54, 1.807) is 0 Å². The number of aromatic nitrogens is 2. The number of allylic oxidation sites excluding steroid dienone is 2. The Balaban J connectivity index is 0.000000297. The van der Waals surface area contributed by atoms with Crippen LogP contribution >= 0.6 is 21.6 Å². The third-order valence-corrected chi connectivity index (χ3v) is 9.89. The number of rotatable bonds is 9. The van der Waals surface area contributed by atoms with Crippen LogP contribution in [-0.2, 0) is 24.9 Å². The van der Waals surface area contributed by atoms with Crippen molar-refractivity contribution in [3.8, 4) is 10.6 Å². The number of nitrogens with zero attached hydrogens (tertiary/aromatic N) is 2. The number of aliphatic hydroxyl groups excluding tert-OH is 1. The zero-order valence-electron chi connectivity index (χ0n) is 25.1. The average molecular weight is 842 g/mol. The molecule has 1 radical (unpaired) electrons. The first-order valence-corrected chi connectivity index (χ1v) is 17.1. The molecule has 0 fully saturated rings. The van der Waals surface area contributed by atoms with Crippen molar-refractivity contribution in [2.75, 3.05) is 0 Å². The maximum atomic E-state index is 14.0. The van der Waals surface area contributed by atoms with Crippen molar-refractivity contribution in [3.05, 3.63) is 78.8 Å². The third kappa shape index (κ3) is 8.27. The summed E-state index contributed by atoms with van der Waals surface area (Å²) in [7, 11) is -10.0. The van der Waals surface area contributed by atoms with Gasteiger partial charge in [-0.2, -0.15) is 0 Å². The van der Waals surface area contributed by atoms with E-state index in [0.717, 1.165) is 48.2 Å². The first kappa shape index (κ1) is 36.5. The van der Waals surface area contributed by atoms with Gasteiger partial charge in [-0.1, -0.05) is 89.6 Å². The summed E-state index contributed by atoms with van der Waals surface area (Å²) in [6, 6.07) is 17.0. The van der Waals surface area contributed by atoms with Crippen LogP contribution < -0.4 is 0 Å². The predicted octanol–water partition coefficient (Wildman–Crippen LogP) is 12.0. The molecule has 45 heavy (non-hydrogen) atoms. The van der Waals surface area contributed by atoms with Crippen molar-refractivity contribution < 1.29 is 49.4 Å². The molecule has 0 bridgehead atoms. The van der Waals surface area contributed by atoms with Gasteiger partial charge in [-0.15, -0.1) is 23.6 Å². The molecule has 4 nitrogen and oxygen atoms in total. The second-order valence-corrected chi connectivity index (χ2v) is 14.0. The summed E-state index contributed by atoms with van der Waals surface area (Å²) >= 11 is 1.28. The molecule has 1 N–H and O–H groups in total. The molecule has 0 amide bonds. The van der Waals surface area contributed by atoms with Crippen LogP contribution in [0.25, 0.3) is 42.3 Å². The van der Waals surface area contributed by atoms with E-state index in [-0.39, 0.29) is 59.9 Å². The van der Waals surface area contributed by atoms with Gasteiger partial charge in [0.15, 0.2) is 5.78 Å². The number of hydrogen-bond donors (Lipinski definition) is 1. The molecule has 0 atom stereocenters. The van der Waals surface area contributed by atoms with Gasteiger partial charge in [0.25, 0.3) is 0 Å². The molecule has 0 unspecified atom stereocenters. The zero-order chi connectivity index (χ0) is 32.3. The van der Waals surface area contributed by atoms with E-state index in [9.17, 15) is 29.3 Å². The molecule has 2 aromatic heterocycles. The summed E-state index contributed by atoms with van der Waals surface area (Å²) in [6.45, 7) is 8.07. The molecule has 0 aliphatic carbocycles. The van der Waals surface area contributed by atoms with Crippen molar-refractivity contribution in [3.63, 3.8) is 0 Å². The van der Waals surface area contributed by atoms with Crippen LogP contribution in [0.5, 0.6) is 0 Å². The number of benzene rings is 3. The Morgan fingerprint density at radius 3 is 2.09 bits per heavy atom. The number of thiophene rings is 1. The molecular weight excluding hydrogens is 808 g/mol. The molecule has 245 valence electrons. The molecule has 0 saturated carbocycles. The second kappa shape index (κ2) is 13.4. The summed E-state index contributed by atoms with van der Waals surface area (Å²) in [4.78, 5) is 18.0. The van der Waals surface area contributed by atoms with E-state index in [1.807, 2.05) is 52.0 Å². The number of halogens is 5. The van der Waals surface area contributed by atoms with E-state index < -0.39 is 26.0 Å². The minimum Gasteiger partial charge on any atom is -0.512 e. The molecule has 5 aromatic rings. The van der Waals surface area contributed by atoms with Gasteiger partial charge < -0.3 is 5.11 Å². The Hall–Kier alpha value is -2.92. The number of ketones is 1. The molecule has 3 aromatic carbocycles. The number of hydrogen-bond acceptors (Lipinski definition) is 5. The molecule has 2 heterocycles. The SMILES string of the molecule is CCC(CC)C(=O)/C=C(\O)C(CC)CC.FS(F)(F)(F)(F)c1c2ccccc2cc2c(-c3[c-]c4ccccc4s3)ncnc12.[Ir]. The van der Waals surface area contributed by atoms with Gasteiger partial charge in [0.2, 0.25) is 0 Å². The van der Waals surface area contributed by atoms with Gasteiger partial charge in [0.05, 0.1) is 11.3 Å². The van der Waals surface area contributed by atoms with Gasteiger partial charge in [0.1, 0.15) is 11.2 Å². The van der Waals surface area contributed by atoms with Crippen LogP contribution in [0.15, 0.2) is 77.7 Å². The Kier molecular flexibility index (Phi) is 10.9. The summed E-state index contributed by atoms with van der Waals surface area (Å²) in [5.41, 5.74) is -0.663. The fourth-order valence-corrected chi connectivity index (χ4v) is 7.35. The van der Waals surface area contributed by atoms with Gasteiger partial charge in [0, 0.05) is 49.1 Å². The Morgan fingerprint density at radius 1 is 0.889 bits per heavy atom. The minimum absolute atomic E-state index is 0. The smallest absolute Gasteiger partial charge is 0.313 e. The zero-order valence-corrected chi connectivity index (χ0v) is 29.2. The number of carbonyl (C=O) groups is 1. The molecule has 5 rings (SSSR count). The Morgan fingerprint density at radius 2 is 1.49 bits per heavy atom. The first-order chi connectivity index (χ1) is 20.6. The quantitative estimate of drug-likeness (QED) is 0.0528.